The van der Waals surface area contributed by atoms with Gasteiger partial charge in [0, 0.05) is 17.8 Å². The van der Waals surface area contributed by atoms with Gasteiger partial charge >= 0.3 is 0 Å². The minimum Gasteiger partial charge on any atom is -0.482 e. The minimum absolute atomic E-state index is 0.187. The van der Waals surface area contributed by atoms with Crippen molar-refractivity contribution in [2.45, 2.75) is 6.92 Å². The van der Waals surface area contributed by atoms with Crippen LogP contribution >= 0.6 is 11.3 Å². The third-order valence-electron chi connectivity index (χ3n) is 4.18. The number of non-ortho nitro benzene ring substituents is 1. The fourth-order valence-electron chi connectivity index (χ4n) is 2.94. The van der Waals surface area contributed by atoms with Gasteiger partial charge < -0.3 is 10.1 Å². The summed E-state index contributed by atoms with van der Waals surface area (Å²) >= 11 is 1.52. The van der Waals surface area contributed by atoms with Crippen molar-refractivity contribution >= 4 is 50.4 Å². The Morgan fingerprint density at radius 1 is 1.36 bits per heavy atom. The standard InChI is InChI=1S/C18H14N4O5S/c1-10-19-13-4-2-11(6-16(13)28-10)20-17(23)8-21-14-7-12(22(25)26)3-5-15(14)27-9-18(21)24/h2-7H,8-9H2,1H3,(H,20,23). The molecule has 0 saturated carbocycles. The molecule has 3 aromatic rings. The molecule has 1 N–H and O–H groups in total. The lowest BCUT2D eigenvalue weighted by Crippen LogP contribution is -2.43. The van der Waals surface area contributed by atoms with E-state index >= 15 is 0 Å². The molecule has 0 bridgehead atoms. The second-order valence-corrected chi connectivity index (χ2v) is 7.38. The molecule has 10 heteroatoms. The van der Waals surface area contributed by atoms with Crippen LogP contribution in [0.1, 0.15) is 5.01 Å². The Bertz CT molecular complexity index is 1130. The third-order valence-corrected chi connectivity index (χ3v) is 5.11. The molecule has 0 spiro atoms. The smallest absolute Gasteiger partial charge is 0.271 e. The van der Waals surface area contributed by atoms with E-state index in [1.807, 2.05) is 19.1 Å². The number of nitrogens with zero attached hydrogens (tertiary/aromatic N) is 3. The van der Waals surface area contributed by atoms with Gasteiger partial charge in [0.25, 0.3) is 11.6 Å². The number of carbonyl (C=O) groups excluding carboxylic acids is 2. The molecule has 2 amide bonds. The predicted octanol–water partition coefficient (Wildman–Crippen LogP) is 2.88. The normalized spacial score (nSPS) is 13.2. The van der Waals surface area contributed by atoms with Gasteiger partial charge in [0.2, 0.25) is 5.91 Å². The van der Waals surface area contributed by atoms with Crippen LogP contribution in [-0.4, -0.2) is 34.9 Å². The van der Waals surface area contributed by atoms with Crippen molar-refractivity contribution in [1.82, 2.24) is 4.98 Å². The topological polar surface area (TPSA) is 115 Å². The maximum Gasteiger partial charge on any atom is 0.271 e. The number of nitro benzene ring substituents is 1. The molecular formula is C18H14N4O5S. The summed E-state index contributed by atoms with van der Waals surface area (Å²) < 4.78 is 6.24. The number of hydrogen-bond acceptors (Lipinski definition) is 7. The first kappa shape index (κ1) is 17.9. The number of fused-ring (bicyclic) bond motifs is 2. The van der Waals surface area contributed by atoms with Crippen LogP contribution in [0, 0.1) is 17.0 Å². The van der Waals surface area contributed by atoms with Gasteiger partial charge in [-0.15, -0.1) is 11.3 Å². The fraction of sp³-hybridized carbons (Fsp3) is 0.167. The van der Waals surface area contributed by atoms with E-state index in [4.69, 9.17) is 4.74 Å². The van der Waals surface area contributed by atoms with Gasteiger partial charge in [0.15, 0.2) is 6.61 Å². The molecule has 0 aliphatic carbocycles. The molecule has 2 aromatic carbocycles. The number of nitro groups is 1. The largest absolute Gasteiger partial charge is 0.482 e. The van der Waals surface area contributed by atoms with Gasteiger partial charge in [0.1, 0.15) is 12.3 Å². The second-order valence-electron chi connectivity index (χ2n) is 6.14. The molecule has 0 unspecified atom stereocenters. The molecule has 0 radical (unpaired) electrons. The first-order valence-corrected chi connectivity index (χ1v) is 9.11. The average Bonchev–Trinajstić information content (AvgIpc) is 3.03. The van der Waals surface area contributed by atoms with E-state index in [1.54, 1.807) is 6.07 Å². The summed E-state index contributed by atoms with van der Waals surface area (Å²) in [5, 5.41) is 14.7. The van der Waals surface area contributed by atoms with Gasteiger partial charge in [-0.1, -0.05) is 0 Å². The van der Waals surface area contributed by atoms with E-state index < -0.39 is 16.7 Å². The number of thiazole rings is 1. The molecule has 142 valence electrons. The van der Waals surface area contributed by atoms with Gasteiger partial charge in [0.05, 0.1) is 25.8 Å². The zero-order valence-corrected chi connectivity index (χ0v) is 15.5. The Hall–Kier alpha value is -3.53. The van der Waals surface area contributed by atoms with Crippen molar-refractivity contribution in [2.24, 2.45) is 0 Å². The van der Waals surface area contributed by atoms with E-state index in [0.29, 0.717) is 11.4 Å². The van der Waals surface area contributed by atoms with Gasteiger partial charge in [-0.2, -0.15) is 0 Å². The monoisotopic (exact) mass is 398 g/mol. The lowest BCUT2D eigenvalue weighted by molar-refractivity contribution is -0.384. The Kier molecular flexibility index (Phi) is 4.40. The minimum atomic E-state index is -0.566. The summed E-state index contributed by atoms with van der Waals surface area (Å²) in [6.07, 6.45) is 0. The highest BCUT2D eigenvalue weighted by Gasteiger charge is 2.29. The van der Waals surface area contributed by atoms with Crippen LogP contribution in [0.2, 0.25) is 0 Å². The summed E-state index contributed by atoms with van der Waals surface area (Å²) in [5.41, 5.74) is 1.45. The number of amides is 2. The number of anilines is 2. The van der Waals surface area contributed by atoms with Gasteiger partial charge in [-0.25, -0.2) is 4.98 Å². The quantitative estimate of drug-likeness (QED) is 0.534. The fourth-order valence-corrected chi connectivity index (χ4v) is 3.81. The number of nitrogens with one attached hydrogen (secondary N) is 1. The molecule has 1 aliphatic rings. The predicted molar refractivity (Wildman–Crippen MR) is 104 cm³/mol. The van der Waals surface area contributed by atoms with Crippen LogP contribution in [0.4, 0.5) is 17.1 Å². The number of carbonyl (C=O) groups is 2. The summed E-state index contributed by atoms with van der Waals surface area (Å²) in [6.45, 7) is 1.39. The highest BCUT2D eigenvalue weighted by molar-refractivity contribution is 7.18. The van der Waals surface area contributed by atoms with Crippen molar-refractivity contribution in [3.05, 3.63) is 51.5 Å². The molecule has 0 fully saturated rings. The number of aryl methyl sites for hydroxylation is 1. The SMILES string of the molecule is Cc1nc2ccc(NC(=O)CN3C(=O)COc4ccc([N+](=O)[O-])cc43)cc2s1. The molecule has 4 rings (SSSR count). The molecule has 0 saturated heterocycles. The molecule has 2 heterocycles. The summed E-state index contributed by atoms with van der Waals surface area (Å²) in [5.74, 6) is -0.551. The number of ether oxygens (including phenoxy) is 1. The second kappa shape index (κ2) is 6.89. The van der Waals surface area contributed by atoms with Gasteiger partial charge in [-0.3, -0.25) is 24.6 Å². The molecule has 0 atom stereocenters. The molecule has 1 aromatic heterocycles. The van der Waals surface area contributed by atoms with Crippen molar-refractivity contribution in [2.75, 3.05) is 23.4 Å². The van der Waals surface area contributed by atoms with Crippen LogP contribution in [0.3, 0.4) is 0 Å². The first-order chi connectivity index (χ1) is 13.4. The lowest BCUT2D eigenvalue weighted by Gasteiger charge is -2.28. The zero-order chi connectivity index (χ0) is 19.8. The van der Waals surface area contributed by atoms with E-state index in [2.05, 4.69) is 10.3 Å². The van der Waals surface area contributed by atoms with Crippen LogP contribution < -0.4 is 15.0 Å². The lowest BCUT2D eigenvalue weighted by atomic mass is 10.2. The molecule has 9 nitrogen and oxygen atoms in total. The summed E-state index contributed by atoms with van der Waals surface area (Å²) in [6, 6.07) is 9.31. The average molecular weight is 398 g/mol. The van der Waals surface area contributed by atoms with Crippen LogP contribution in [0.15, 0.2) is 36.4 Å². The first-order valence-electron chi connectivity index (χ1n) is 8.29. The Morgan fingerprint density at radius 2 is 2.18 bits per heavy atom. The molecular weight excluding hydrogens is 384 g/mol. The Balaban J connectivity index is 1.55. The number of rotatable bonds is 4. The van der Waals surface area contributed by atoms with Crippen molar-refractivity contribution in [3.63, 3.8) is 0 Å². The highest BCUT2D eigenvalue weighted by atomic mass is 32.1. The maximum absolute atomic E-state index is 12.5. The summed E-state index contributed by atoms with van der Waals surface area (Å²) in [7, 11) is 0. The number of aromatic nitrogens is 1. The zero-order valence-electron chi connectivity index (χ0n) is 14.7. The van der Waals surface area contributed by atoms with Gasteiger partial charge in [-0.05, 0) is 31.2 Å². The number of benzene rings is 2. The van der Waals surface area contributed by atoms with Crippen LogP contribution in [-0.2, 0) is 9.59 Å². The van der Waals surface area contributed by atoms with E-state index in [-0.39, 0.29) is 24.5 Å². The van der Waals surface area contributed by atoms with E-state index in [9.17, 15) is 19.7 Å². The summed E-state index contributed by atoms with van der Waals surface area (Å²) in [4.78, 5) is 40.8. The van der Waals surface area contributed by atoms with Crippen LogP contribution in [0.25, 0.3) is 10.2 Å². The van der Waals surface area contributed by atoms with Crippen LogP contribution in [0.5, 0.6) is 5.75 Å². The molecule has 28 heavy (non-hydrogen) atoms. The highest BCUT2D eigenvalue weighted by Crippen LogP contribution is 2.35. The Labute approximate surface area is 162 Å². The van der Waals surface area contributed by atoms with E-state index in [0.717, 1.165) is 15.2 Å². The third kappa shape index (κ3) is 3.37. The van der Waals surface area contributed by atoms with E-state index in [1.165, 1.54) is 34.4 Å². The van der Waals surface area contributed by atoms with Crippen molar-refractivity contribution < 1.29 is 19.2 Å². The molecule has 1 aliphatic heterocycles. The maximum atomic E-state index is 12.5. The van der Waals surface area contributed by atoms with Crippen molar-refractivity contribution in [3.8, 4) is 5.75 Å². The van der Waals surface area contributed by atoms with Crippen molar-refractivity contribution in [1.29, 1.82) is 0 Å². The number of hydrogen-bond donors (Lipinski definition) is 1. The Morgan fingerprint density at radius 3 is 2.96 bits per heavy atom.